The van der Waals surface area contributed by atoms with E-state index in [2.05, 4.69) is 4.98 Å². The Hall–Kier alpha value is -1.92. The minimum atomic E-state index is -0.196. The predicted octanol–water partition coefficient (Wildman–Crippen LogP) is 2.93. The molecule has 0 aliphatic heterocycles. The molecule has 114 valence electrons. The van der Waals surface area contributed by atoms with Crippen LogP contribution in [0.2, 0.25) is 0 Å². The molecule has 6 heteroatoms. The number of pyridine rings is 1. The number of aromatic amines is 1. The van der Waals surface area contributed by atoms with Crippen molar-refractivity contribution in [1.29, 1.82) is 0 Å². The van der Waals surface area contributed by atoms with E-state index in [0.717, 1.165) is 42.5 Å². The molecular formula is C16H17N3O2S. The molecule has 3 aromatic rings. The van der Waals surface area contributed by atoms with E-state index in [1.807, 2.05) is 27.6 Å². The highest BCUT2D eigenvalue weighted by atomic mass is 32.1. The third-order valence-electron chi connectivity index (χ3n) is 4.44. The summed E-state index contributed by atoms with van der Waals surface area (Å²) in [6.07, 6.45) is 4.86. The summed E-state index contributed by atoms with van der Waals surface area (Å²) < 4.78 is 1.99. The molecule has 0 amide bonds. The van der Waals surface area contributed by atoms with Crippen LogP contribution in [-0.2, 0) is 0 Å². The van der Waals surface area contributed by atoms with Crippen LogP contribution in [0.25, 0.3) is 22.2 Å². The second-order valence-electron chi connectivity index (χ2n) is 5.83. The maximum Gasteiger partial charge on any atom is 0.259 e. The summed E-state index contributed by atoms with van der Waals surface area (Å²) >= 11 is 1.60. The van der Waals surface area contributed by atoms with Gasteiger partial charge in [-0.25, -0.2) is 0 Å². The topological polar surface area (TPSA) is 70.9 Å². The molecule has 0 unspecified atom stereocenters. The molecule has 0 aromatic carbocycles. The third-order valence-corrected chi connectivity index (χ3v) is 5.12. The van der Waals surface area contributed by atoms with Gasteiger partial charge in [0.2, 0.25) is 0 Å². The Balaban J connectivity index is 1.89. The van der Waals surface area contributed by atoms with Crippen LogP contribution in [-0.4, -0.2) is 26.0 Å². The number of H-pyrrole nitrogens is 1. The maximum absolute atomic E-state index is 12.3. The van der Waals surface area contributed by atoms with Gasteiger partial charge in [-0.1, -0.05) is 0 Å². The van der Waals surface area contributed by atoms with Gasteiger partial charge in [-0.15, -0.1) is 0 Å². The number of aliphatic hydroxyl groups excluding tert-OH is 1. The van der Waals surface area contributed by atoms with E-state index in [9.17, 15) is 9.90 Å². The van der Waals surface area contributed by atoms with Crippen molar-refractivity contribution < 1.29 is 5.11 Å². The number of aliphatic hydroxyl groups is 1. The van der Waals surface area contributed by atoms with Crippen LogP contribution in [0.1, 0.15) is 31.7 Å². The minimum absolute atomic E-state index is 0.0965. The van der Waals surface area contributed by atoms with Crippen LogP contribution in [0.3, 0.4) is 0 Å². The molecule has 0 saturated heterocycles. The maximum atomic E-state index is 12.3. The van der Waals surface area contributed by atoms with Gasteiger partial charge in [0.1, 0.15) is 5.69 Å². The van der Waals surface area contributed by atoms with Gasteiger partial charge in [-0.2, -0.15) is 16.4 Å². The van der Waals surface area contributed by atoms with Crippen molar-refractivity contribution in [2.45, 2.75) is 37.8 Å². The number of aromatic nitrogens is 3. The van der Waals surface area contributed by atoms with Crippen LogP contribution >= 0.6 is 11.3 Å². The van der Waals surface area contributed by atoms with Crippen molar-refractivity contribution in [2.75, 3.05) is 0 Å². The van der Waals surface area contributed by atoms with Gasteiger partial charge >= 0.3 is 0 Å². The number of thiophene rings is 1. The van der Waals surface area contributed by atoms with Crippen molar-refractivity contribution >= 4 is 22.2 Å². The fraction of sp³-hybridized carbons (Fsp3) is 0.375. The average molecular weight is 315 g/mol. The second kappa shape index (κ2) is 5.37. The molecule has 1 fully saturated rings. The summed E-state index contributed by atoms with van der Waals surface area (Å²) in [4.78, 5) is 15.1. The molecule has 4 rings (SSSR count). The zero-order valence-corrected chi connectivity index (χ0v) is 12.8. The number of fused-ring (bicyclic) bond motifs is 1. The molecule has 3 aromatic heterocycles. The smallest absolute Gasteiger partial charge is 0.259 e. The summed E-state index contributed by atoms with van der Waals surface area (Å²) in [5, 5.41) is 19.1. The van der Waals surface area contributed by atoms with Crippen LogP contribution in [0.5, 0.6) is 0 Å². The van der Waals surface area contributed by atoms with Crippen molar-refractivity contribution in [3.63, 3.8) is 0 Å². The Morgan fingerprint density at radius 3 is 2.82 bits per heavy atom. The van der Waals surface area contributed by atoms with E-state index >= 15 is 0 Å². The molecule has 3 heterocycles. The molecule has 0 spiro atoms. The van der Waals surface area contributed by atoms with E-state index in [-0.39, 0.29) is 17.7 Å². The largest absolute Gasteiger partial charge is 0.393 e. The molecule has 1 aliphatic rings. The molecule has 1 saturated carbocycles. The van der Waals surface area contributed by atoms with E-state index in [4.69, 9.17) is 5.10 Å². The molecule has 2 N–H and O–H groups in total. The lowest BCUT2D eigenvalue weighted by Crippen LogP contribution is -2.21. The van der Waals surface area contributed by atoms with Gasteiger partial charge in [0, 0.05) is 17.1 Å². The SMILES string of the molecule is O=c1[nH]ccc2c1c(-c1ccsc1)nn2C1CCC(O)CC1. The van der Waals surface area contributed by atoms with Gasteiger partial charge in [-0.05, 0) is 43.2 Å². The van der Waals surface area contributed by atoms with Crippen molar-refractivity contribution in [2.24, 2.45) is 0 Å². The first-order chi connectivity index (χ1) is 10.7. The Morgan fingerprint density at radius 1 is 1.27 bits per heavy atom. The number of hydrogen-bond donors (Lipinski definition) is 2. The summed E-state index contributed by atoms with van der Waals surface area (Å²) in [5.41, 5.74) is 2.53. The van der Waals surface area contributed by atoms with Crippen LogP contribution in [0.4, 0.5) is 0 Å². The fourth-order valence-electron chi connectivity index (χ4n) is 3.28. The van der Waals surface area contributed by atoms with E-state index in [1.165, 1.54) is 0 Å². The second-order valence-corrected chi connectivity index (χ2v) is 6.61. The monoisotopic (exact) mass is 315 g/mol. The lowest BCUT2D eigenvalue weighted by Gasteiger charge is -2.26. The Kier molecular flexibility index (Phi) is 3.35. The highest BCUT2D eigenvalue weighted by Crippen LogP contribution is 2.34. The van der Waals surface area contributed by atoms with Gasteiger partial charge in [-0.3, -0.25) is 9.48 Å². The van der Waals surface area contributed by atoms with Crippen molar-refractivity contribution in [1.82, 2.24) is 14.8 Å². The first kappa shape index (κ1) is 13.7. The van der Waals surface area contributed by atoms with Crippen LogP contribution in [0.15, 0.2) is 33.9 Å². The first-order valence-electron chi connectivity index (χ1n) is 7.54. The summed E-state index contributed by atoms with van der Waals surface area (Å²) in [6, 6.07) is 4.17. The highest BCUT2D eigenvalue weighted by molar-refractivity contribution is 7.08. The quantitative estimate of drug-likeness (QED) is 0.764. The lowest BCUT2D eigenvalue weighted by molar-refractivity contribution is 0.109. The average Bonchev–Trinajstić information content (AvgIpc) is 3.15. The van der Waals surface area contributed by atoms with Crippen LogP contribution in [0, 0.1) is 0 Å². The standard InChI is InChI=1S/C16H17N3O2S/c20-12-3-1-11(2-4-12)19-13-5-7-17-16(21)14(13)15(18-19)10-6-8-22-9-10/h5-9,11-12,20H,1-4H2,(H,17,21). The molecule has 0 atom stereocenters. The number of nitrogens with zero attached hydrogens (tertiary/aromatic N) is 2. The fourth-order valence-corrected chi connectivity index (χ4v) is 3.92. The van der Waals surface area contributed by atoms with Gasteiger partial charge in [0.05, 0.1) is 23.0 Å². The molecule has 0 radical (unpaired) electrons. The molecule has 22 heavy (non-hydrogen) atoms. The van der Waals surface area contributed by atoms with Gasteiger partial charge < -0.3 is 10.1 Å². The zero-order chi connectivity index (χ0) is 15.1. The Bertz CT molecular complexity index is 842. The number of hydrogen-bond acceptors (Lipinski definition) is 4. The van der Waals surface area contributed by atoms with Crippen LogP contribution < -0.4 is 5.56 Å². The third kappa shape index (κ3) is 2.19. The summed E-state index contributed by atoms with van der Waals surface area (Å²) in [6.45, 7) is 0. The molecular weight excluding hydrogens is 298 g/mol. The first-order valence-corrected chi connectivity index (χ1v) is 8.49. The molecule has 1 aliphatic carbocycles. The molecule has 5 nitrogen and oxygen atoms in total. The Morgan fingerprint density at radius 2 is 2.09 bits per heavy atom. The zero-order valence-electron chi connectivity index (χ0n) is 12.0. The Labute approximate surface area is 131 Å². The summed E-state index contributed by atoms with van der Waals surface area (Å²) in [7, 11) is 0. The van der Waals surface area contributed by atoms with Gasteiger partial charge in [0.25, 0.3) is 5.56 Å². The number of nitrogens with one attached hydrogen (secondary N) is 1. The minimum Gasteiger partial charge on any atom is -0.393 e. The predicted molar refractivity (Wildman–Crippen MR) is 87.2 cm³/mol. The van der Waals surface area contributed by atoms with Crippen molar-refractivity contribution in [3.05, 3.63) is 39.4 Å². The van der Waals surface area contributed by atoms with E-state index in [1.54, 1.807) is 17.5 Å². The van der Waals surface area contributed by atoms with Gasteiger partial charge in [0.15, 0.2) is 0 Å². The molecule has 0 bridgehead atoms. The highest BCUT2D eigenvalue weighted by Gasteiger charge is 2.25. The van der Waals surface area contributed by atoms with E-state index < -0.39 is 0 Å². The van der Waals surface area contributed by atoms with Crippen molar-refractivity contribution in [3.8, 4) is 11.3 Å². The lowest BCUT2D eigenvalue weighted by atomic mass is 9.93. The summed E-state index contributed by atoms with van der Waals surface area (Å²) in [5.74, 6) is 0. The number of rotatable bonds is 2. The van der Waals surface area contributed by atoms with E-state index in [0.29, 0.717) is 5.39 Å². The normalized spacial score (nSPS) is 22.2.